The molecule has 5 aliphatic rings. The van der Waals surface area contributed by atoms with Crippen molar-refractivity contribution in [3.05, 3.63) is 76.8 Å². The number of aliphatic hydroxyl groups is 3. The number of aliphatic hydroxyl groups excluding tert-OH is 3. The number of ether oxygens (including phenoxy) is 2. The molecule has 0 unspecified atom stereocenters. The molecule has 0 bridgehead atoms. The molecule has 4 aliphatic carbocycles. The Labute approximate surface area is 254 Å². The number of rotatable bonds is 6. The zero-order valence-corrected chi connectivity index (χ0v) is 24.8. The Morgan fingerprint density at radius 3 is 2.70 bits per heavy atom. The van der Waals surface area contributed by atoms with Crippen LogP contribution in [-0.4, -0.2) is 57.0 Å². The Morgan fingerprint density at radius 1 is 1.18 bits per heavy atom. The van der Waals surface area contributed by atoms with E-state index < -0.39 is 58.9 Å². The number of anilines is 1. The number of Topliss-reactive ketones (excluding diaryl/α,β-unsaturated/α-hetero) is 1. The van der Waals surface area contributed by atoms with Gasteiger partial charge in [-0.3, -0.25) is 9.59 Å². The summed E-state index contributed by atoms with van der Waals surface area (Å²) >= 11 is 0. The number of benzene rings is 1. The van der Waals surface area contributed by atoms with E-state index in [1.807, 2.05) is 13.0 Å². The number of nitrogen functional groups attached to an aromatic ring is 1. The first kappa shape index (κ1) is 29.6. The maximum atomic E-state index is 17.5. The van der Waals surface area contributed by atoms with Gasteiger partial charge in [0.1, 0.15) is 12.4 Å². The zero-order chi connectivity index (χ0) is 31.2. The molecule has 0 spiro atoms. The monoisotopic (exact) mass is 607 g/mol. The fourth-order valence-corrected chi connectivity index (χ4v) is 9.44. The average Bonchev–Trinajstić information content (AvgIpc) is 3.67. The van der Waals surface area contributed by atoms with Crippen molar-refractivity contribution in [3.8, 4) is 0 Å². The number of furan rings is 1. The van der Waals surface area contributed by atoms with E-state index >= 15 is 4.39 Å². The van der Waals surface area contributed by atoms with Crippen LogP contribution in [0.3, 0.4) is 0 Å². The van der Waals surface area contributed by atoms with Crippen molar-refractivity contribution >= 4 is 17.3 Å². The van der Waals surface area contributed by atoms with Crippen molar-refractivity contribution in [2.75, 3.05) is 12.3 Å². The van der Waals surface area contributed by atoms with E-state index in [4.69, 9.17) is 19.6 Å². The number of nitrogens with two attached hydrogens (primary N) is 1. The Kier molecular flexibility index (Phi) is 6.67. The summed E-state index contributed by atoms with van der Waals surface area (Å²) in [6.45, 7) is 2.67. The van der Waals surface area contributed by atoms with Gasteiger partial charge in [-0.25, -0.2) is 4.39 Å². The molecule has 44 heavy (non-hydrogen) atoms. The molecule has 1 aliphatic heterocycles. The highest BCUT2D eigenvalue weighted by atomic mass is 19.1. The summed E-state index contributed by atoms with van der Waals surface area (Å²) in [7, 11) is 0. The highest BCUT2D eigenvalue weighted by molar-refractivity contribution is 6.01. The molecule has 1 saturated heterocycles. The summed E-state index contributed by atoms with van der Waals surface area (Å²) in [5.74, 6) is -1.13. The van der Waals surface area contributed by atoms with Gasteiger partial charge in [0.2, 0.25) is 0 Å². The van der Waals surface area contributed by atoms with E-state index in [1.54, 1.807) is 31.2 Å². The van der Waals surface area contributed by atoms with Crippen molar-refractivity contribution in [2.45, 2.75) is 82.3 Å². The molecule has 2 aromatic rings. The van der Waals surface area contributed by atoms with Gasteiger partial charge in [0.25, 0.3) is 0 Å². The summed E-state index contributed by atoms with van der Waals surface area (Å²) < 4.78 is 36.3. The summed E-state index contributed by atoms with van der Waals surface area (Å²) in [5.41, 5.74) is 3.44. The molecule has 7 rings (SSSR count). The molecule has 1 aromatic heterocycles. The number of carbonyl (C=O) groups excluding carboxylic acids is 2. The molecule has 10 heteroatoms. The third-order valence-electron chi connectivity index (χ3n) is 11.6. The number of halogens is 1. The standard InChI is InChI=1S/C34H38FNO8/c1-31-8-7-22(39)12-21(31)5-6-24-25-13-29-34(28(41)16-38,32(25,2)14-27(40)33(24,31)35)44-30(43-29)20-11-23(42-17-20)9-18-3-4-19(15-37)26(36)10-18/h3-4,7-8,10-12,17,24-25,27,29-30,37-38,40H,5-6,9,13-16,36H2,1-2H3/t24-,25-,27-,29+,30+,31-,32-,33-,34+/m0/s1. The summed E-state index contributed by atoms with van der Waals surface area (Å²) in [6.07, 6.45) is 4.38. The van der Waals surface area contributed by atoms with Crippen LogP contribution in [0.5, 0.6) is 0 Å². The van der Waals surface area contributed by atoms with Crippen molar-refractivity contribution < 1.29 is 43.2 Å². The predicted molar refractivity (Wildman–Crippen MR) is 156 cm³/mol. The minimum Gasteiger partial charge on any atom is -0.469 e. The van der Waals surface area contributed by atoms with Crippen LogP contribution in [0.4, 0.5) is 10.1 Å². The Hall–Kier alpha value is -3.15. The molecule has 2 heterocycles. The molecular formula is C34H38FNO8. The van der Waals surface area contributed by atoms with E-state index in [9.17, 15) is 24.9 Å². The van der Waals surface area contributed by atoms with Crippen LogP contribution < -0.4 is 5.73 Å². The summed E-state index contributed by atoms with van der Waals surface area (Å²) in [6, 6.07) is 7.19. The van der Waals surface area contributed by atoms with Crippen LogP contribution >= 0.6 is 0 Å². The summed E-state index contributed by atoms with van der Waals surface area (Å²) in [5, 5.41) is 31.3. The number of carbonyl (C=O) groups is 2. The minimum absolute atomic E-state index is 0.0739. The lowest BCUT2D eigenvalue weighted by atomic mass is 9.44. The highest BCUT2D eigenvalue weighted by Gasteiger charge is 2.79. The Balaban J connectivity index is 1.19. The zero-order valence-electron chi connectivity index (χ0n) is 24.8. The van der Waals surface area contributed by atoms with E-state index in [-0.39, 0.29) is 24.7 Å². The van der Waals surface area contributed by atoms with Crippen LogP contribution in [0.1, 0.15) is 68.3 Å². The maximum absolute atomic E-state index is 17.5. The van der Waals surface area contributed by atoms with Gasteiger partial charge in [-0.1, -0.05) is 30.7 Å². The number of alkyl halides is 1. The fraction of sp³-hybridized carbons (Fsp3) is 0.529. The number of hydrogen-bond acceptors (Lipinski definition) is 9. The van der Waals surface area contributed by atoms with Gasteiger partial charge < -0.3 is 34.9 Å². The van der Waals surface area contributed by atoms with Crippen LogP contribution in [0, 0.1) is 22.7 Å². The summed E-state index contributed by atoms with van der Waals surface area (Å²) in [4.78, 5) is 25.9. The van der Waals surface area contributed by atoms with E-state index in [2.05, 4.69) is 0 Å². The maximum Gasteiger partial charge on any atom is 0.193 e. The largest absolute Gasteiger partial charge is 0.469 e. The highest BCUT2D eigenvalue weighted by Crippen LogP contribution is 2.72. The molecule has 9 atom stereocenters. The normalized spacial score (nSPS) is 40.6. The van der Waals surface area contributed by atoms with E-state index in [0.29, 0.717) is 53.8 Å². The number of fused-ring (bicyclic) bond motifs is 7. The average molecular weight is 608 g/mol. The lowest BCUT2D eigenvalue weighted by Gasteiger charge is -2.62. The smallest absolute Gasteiger partial charge is 0.193 e. The second kappa shape index (κ2) is 9.92. The Morgan fingerprint density at radius 2 is 1.98 bits per heavy atom. The van der Waals surface area contributed by atoms with Crippen LogP contribution in [0.25, 0.3) is 0 Å². The minimum atomic E-state index is -2.06. The van der Waals surface area contributed by atoms with Gasteiger partial charge in [-0.2, -0.15) is 0 Å². The Bertz CT molecular complexity index is 1600. The van der Waals surface area contributed by atoms with Gasteiger partial charge >= 0.3 is 0 Å². The van der Waals surface area contributed by atoms with Crippen LogP contribution in [-0.2, 0) is 32.1 Å². The van der Waals surface area contributed by atoms with Crippen molar-refractivity contribution in [2.24, 2.45) is 22.7 Å². The first-order valence-corrected chi connectivity index (χ1v) is 15.3. The van der Waals surface area contributed by atoms with Gasteiger partial charge in [-0.15, -0.1) is 0 Å². The molecule has 5 N–H and O–H groups in total. The van der Waals surface area contributed by atoms with Crippen molar-refractivity contribution in [1.29, 1.82) is 0 Å². The molecule has 0 radical (unpaired) electrons. The van der Waals surface area contributed by atoms with Crippen LogP contribution in [0.2, 0.25) is 0 Å². The molecule has 1 aromatic carbocycles. The quantitative estimate of drug-likeness (QED) is 0.361. The third-order valence-corrected chi connectivity index (χ3v) is 11.6. The predicted octanol–water partition coefficient (Wildman–Crippen LogP) is 3.64. The second-order valence-electron chi connectivity index (χ2n) is 13.6. The number of ketones is 2. The molecule has 4 fully saturated rings. The number of hydrogen-bond donors (Lipinski definition) is 4. The fourth-order valence-electron chi connectivity index (χ4n) is 9.44. The molecule has 234 valence electrons. The molecule has 0 amide bonds. The second-order valence-corrected chi connectivity index (χ2v) is 13.6. The van der Waals surface area contributed by atoms with E-state index in [0.717, 1.165) is 5.56 Å². The topological polar surface area (TPSA) is 152 Å². The lowest BCUT2D eigenvalue weighted by Crippen LogP contribution is -2.69. The SMILES string of the molecule is C[C@]12C=CC(=O)C=C1CC[C@H]1[C@@H]3C[C@H]4O[C@@H](c5coc(Cc6ccc(CO)c(N)c6)c5)O[C@@]4(C(=O)CO)[C@@]3(C)C[C@H](O)[C@@]12F. The van der Waals surface area contributed by atoms with Gasteiger partial charge in [0.15, 0.2) is 29.1 Å². The molecule has 3 saturated carbocycles. The first-order chi connectivity index (χ1) is 20.9. The van der Waals surface area contributed by atoms with Gasteiger partial charge in [-0.05, 0) is 68.4 Å². The van der Waals surface area contributed by atoms with Crippen molar-refractivity contribution in [1.82, 2.24) is 0 Å². The third kappa shape index (κ3) is 3.75. The van der Waals surface area contributed by atoms with Gasteiger partial charge in [0, 0.05) is 40.0 Å². The lowest BCUT2D eigenvalue weighted by molar-refractivity contribution is -0.231. The van der Waals surface area contributed by atoms with Crippen molar-refractivity contribution in [3.63, 3.8) is 0 Å². The van der Waals surface area contributed by atoms with Gasteiger partial charge in [0.05, 0.1) is 25.1 Å². The first-order valence-electron chi connectivity index (χ1n) is 15.3. The van der Waals surface area contributed by atoms with E-state index in [1.165, 1.54) is 18.4 Å². The van der Waals surface area contributed by atoms with Crippen LogP contribution in [0.15, 0.2) is 58.7 Å². The molecular weight excluding hydrogens is 569 g/mol. The molecule has 9 nitrogen and oxygen atoms in total. The number of allylic oxidation sites excluding steroid dienone is 4.